The Morgan fingerprint density at radius 3 is 2.57 bits per heavy atom. The molecule has 6 heteroatoms. The van der Waals surface area contributed by atoms with Crippen molar-refractivity contribution < 1.29 is 9.59 Å². The Bertz CT molecular complexity index is 593. The van der Waals surface area contributed by atoms with E-state index >= 15 is 0 Å². The largest absolute Gasteiger partial charge is 0.340 e. The van der Waals surface area contributed by atoms with Crippen LogP contribution in [0.1, 0.15) is 33.6 Å². The predicted molar refractivity (Wildman–Crippen MR) is 92.6 cm³/mol. The maximum Gasteiger partial charge on any atom is 0.253 e. The summed E-state index contributed by atoms with van der Waals surface area (Å²) in [6, 6.07) is 4.97. The van der Waals surface area contributed by atoms with Gasteiger partial charge in [-0.1, -0.05) is 25.4 Å². The lowest BCUT2D eigenvalue weighted by Gasteiger charge is -2.44. The molecule has 1 saturated heterocycles. The van der Waals surface area contributed by atoms with E-state index < -0.39 is 11.6 Å². The summed E-state index contributed by atoms with van der Waals surface area (Å²) in [5, 5.41) is 3.34. The number of nitrogens with zero attached hydrogens (tertiary/aromatic N) is 1. The van der Waals surface area contributed by atoms with Crippen molar-refractivity contribution in [2.24, 2.45) is 0 Å². The molecule has 1 aromatic carbocycles. The van der Waals surface area contributed by atoms with Crippen LogP contribution in [0.4, 0.5) is 5.69 Å². The van der Waals surface area contributed by atoms with Crippen LogP contribution < -0.4 is 10.2 Å². The molecule has 0 aromatic heterocycles. The van der Waals surface area contributed by atoms with Crippen LogP contribution in [-0.2, 0) is 9.59 Å². The van der Waals surface area contributed by atoms with Crippen LogP contribution in [0, 0.1) is 3.57 Å². The van der Waals surface area contributed by atoms with E-state index in [2.05, 4.69) is 27.9 Å². The van der Waals surface area contributed by atoms with Gasteiger partial charge in [0.15, 0.2) is 0 Å². The third-order valence-electron chi connectivity index (χ3n) is 3.97. The second-order valence-electron chi connectivity index (χ2n) is 5.37. The van der Waals surface area contributed by atoms with Crippen molar-refractivity contribution in [2.45, 2.75) is 45.2 Å². The van der Waals surface area contributed by atoms with Crippen molar-refractivity contribution in [3.63, 3.8) is 0 Å². The first kappa shape index (κ1) is 16.5. The highest BCUT2D eigenvalue weighted by atomic mass is 127. The molecule has 21 heavy (non-hydrogen) atoms. The van der Waals surface area contributed by atoms with E-state index in [1.54, 1.807) is 24.0 Å². The maximum atomic E-state index is 12.9. The first-order chi connectivity index (χ1) is 9.84. The standard InChI is InChI=1S/C15H18ClIN2O2/c1-4-11-13(20)18-15(3,5-2)14(21)19(11)12-7-6-9(17)8-10(12)16/h6-8,11H,4-5H2,1-3H3,(H,18,20). The van der Waals surface area contributed by atoms with E-state index in [1.165, 1.54) is 0 Å². The van der Waals surface area contributed by atoms with Gasteiger partial charge in [0.05, 0.1) is 10.7 Å². The number of anilines is 1. The predicted octanol–water partition coefficient (Wildman–Crippen LogP) is 3.35. The van der Waals surface area contributed by atoms with Crippen molar-refractivity contribution >= 4 is 51.7 Å². The zero-order valence-electron chi connectivity index (χ0n) is 12.2. The number of piperazine rings is 1. The summed E-state index contributed by atoms with van der Waals surface area (Å²) < 4.78 is 0.988. The van der Waals surface area contributed by atoms with Crippen LogP contribution in [0.25, 0.3) is 0 Å². The molecule has 1 N–H and O–H groups in total. The molecular weight excluding hydrogens is 403 g/mol. The van der Waals surface area contributed by atoms with Crippen LogP contribution in [0.2, 0.25) is 5.02 Å². The Balaban J connectivity index is 2.54. The number of carbonyl (C=O) groups excluding carboxylic acids is 2. The summed E-state index contributed by atoms with van der Waals surface area (Å²) in [7, 11) is 0. The van der Waals surface area contributed by atoms with Crippen LogP contribution in [0.5, 0.6) is 0 Å². The summed E-state index contributed by atoms with van der Waals surface area (Å²) in [6.07, 6.45) is 1.08. The number of hydrogen-bond acceptors (Lipinski definition) is 2. The SMILES string of the molecule is CCC1C(=O)NC(C)(CC)C(=O)N1c1ccc(I)cc1Cl. The zero-order chi connectivity index (χ0) is 15.8. The van der Waals surface area contributed by atoms with Gasteiger partial charge in [-0.05, 0) is 60.6 Å². The monoisotopic (exact) mass is 420 g/mol. The van der Waals surface area contributed by atoms with Crippen molar-refractivity contribution in [1.29, 1.82) is 0 Å². The van der Waals surface area contributed by atoms with Crippen LogP contribution >= 0.6 is 34.2 Å². The van der Waals surface area contributed by atoms with E-state index in [9.17, 15) is 9.59 Å². The van der Waals surface area contributed by atoms with Crippen LogP contribution in [-0.4, -0.2) is 23.4 Å². The summed E-state index contributed by atoms with van der Waals surface area (Å²) >= 11 is 8.47. The van der Waals surface area contributed by atoms with Gasteiger partial charge in [0, 0.05) is 3.57 Å². The Morgan fingerprint density at radius 1 is 1.38 bits per heavy atom. The maximum absolute atomic E-state index is 12.9. The molecule has 2 atom stereocenters. The Labute approximate surface area is 143 Å². The van der Waals surface area contributed by atoms with Gasteiger partial charge in [0.1, 0.15) is 11.6 Å². The normalized spacial score (nSPS) is 26.0. The number of nitrogens with one attached hydrogen (secondary N) is 1. The minimum atomic E-state index is -0.880. The number of amides is 2. The highest BCUT2D eigenvalue weighted by molar-refractivity contribution is 14.1. The van der Waals surface area contributed by atoms with Gasteiger partial charge in [0.2, 0.25) is 5.91 Å². The van der Waals surface area contributed by atoms with E-state index in [-0.39, 0.29) is 11.8 Å². The van der Waals surface area contributed by atoms with Gasteiger partial charge >= 0.3 is 0 Å². The topological polar surface area (TPSA) is 49.4 Å². The highest BCUT2D eigenvalue weighted by Crippen LogP contribution is 2.34. The first-order valence-electron chi connectivity index (χ1n) is 6.94. The summed E-state index contributed by atoms with van der Waals surface area (Å²) in [6.45, 7) is 5.53. The molecule has 4 nitrogen and oxygen atoms in total. The molecule has 1 heterocycles. The smallest absolute Gasteiger partial charge is 0.253 e. The van der Waals surface area contributed by atoms with Gasteiger partial charge in [0.25, 0.3) is 5.91 Å². The molecule has 0 spiro atoms. The molecule has 0 bridgehead atoms. The molecule has 0 saturated carbocycles. The number of benzene rings is 1. The molecule has 2 unspecified atom stereocenters. The zero-order valence-corrected chi connectivity index (χ0v) is 15.2. The second-order valence-corrected chi connectivity index (χ2v) is 7.02. The summed E-state index contributed by atoms with van der Waals surface area (Å²) in [5.41, 5.74) is -0.279. The molecule has 1 aliphatic heterocycles. The molecule has 0 aliphatic carbocycles. The van der Waals surface area contributed by atoms with Gasteiger partial charge in [-0.25, -0.2) is 0 Å². The van der Waals surface area contributed by atoms with E-state index in [1.807, 2.05) is 19.9 Å². The lowest BCUT2D eigenvalue weighted by molar-refractivity contribution is -0.138. The van der Waals surface area contributed by atoms with Crippen molar-refractivity contribution in [1.82, 2.24) is 5.32 Å². The fourth-order valence-electron chi connectivity index (χ4n) is 2.49. The minimum Gasteiger partial charge on any atom is -0.340 e. The van der Waals surface area contributed by atoms with Gasteiger partial charge in [-0.15, -0.1) is 0 Å². The molecule has 2 amide bonds. The van der Waals surface area contributed by atoms with Gasteiger partial charge in [-0.2, -0.15) is 0 Å². The Morgan fingerprint density at radius 2 is 2.05 bits per heavy atom. The molecule has 1 aromatic rings. The van der Waals surface area contributed by atoms with Gasteiger partial charge < -0.3 is 5.32 Å². The minimum absolute atomic E-state index is 0.112. The fraction of sp³-hybridized carbons (Fsp3) is 0.467. The van der Waals surface area contributed by atoms with E-state index in [0.717, 1.165) is 3.57 Å². The lowest BCUT2D eigenvalue weighted by Crippen LogP contribution is -2.69. The number of carbonyl (C=O) groups is 2. The average molecular weight is 421 g/mol. The summed E-state index contributed by atoms with van der Waals surface area (Å²) in [4.78, 5) is 26.8. The third kappa shape index (κ3) is 2.90. The first-order valence-corrected chi connectivity index (χ1v) is 8.40. The van der Waals surface area contributed by atoms with E-state index in [0.29, 0.717) is 23.6 Å². The number of halogens is 2. The van der Waals surface area contributed by atoms with Gasteiger partial charge in [-0.3, -0.25) is 14.5 Å². The quantitative estimate of drug-likeness (QED) is 0.763. The van der Waals surface area contributed by atoms with Crippen molar-refractivity contribution in [3.05, 3.63) is 26.8 Å². The molecule has 1 fully saturated rings. The van der Waals surface area contributed by atoms with Crippen LogP contribution in [0.15, 0.2) is 18.2 Å². The second kappa shape index (κ2) is 6.12. The Kier molecular flexibility index (Phi) is 4.82. The number of hydrogen-bond donors (Lipinski definition) is 1. The number of rotatable bonds is 3. The van der Waals surface area contributed by atoms with E-state index in [4.69, 9.17) is 11.6 Å². The third-order valence-corrected chi connectivity index (χ3v) is 4.94. The average Bonchev–Trinajstić information content (AvgIpc) is 2.43. The molecule has 114 valence electrons. The Hall–Kier alpha value is -0.820. The van der Waals surface area contributed by atoms with Crippen molar-refractivity contribution in [3.8, 4) is 0 Å². The summed E-state index contributed by atoms with van der Waals surface area (Å²) in [5.74, 6) is -0.240. The van der Waals surface area contributed by atoms with Crippen LogP contribution in [0.3, 0.4) is 0 Å². The highest BCUT2D eigenvalue weighted by Gasteiger charge is 2.47. The lowest BCUT2D eigenvalue weighted by atomic mass is 9.90. The molecule has 0 radical (unpaired) electrons. The molecule has 2 rings (SSSR count). The molecular formula is C15H18ClIN2O2. The molecule has 1 aliphatic rings. The van der Waals surface area contributed by atoms with Crippen molar-refractivity contribution in [2.75, 3.05) is 4.90 Å². The fourth-order valence-corrected chi connectivity index (χ4v) is 3.44.